The molecular weight excluding hydrogens is 322 g/mol. The number of nitrogens with zero attached hydrogens (tertiary/aromatic N) is 2. The van der Waals surface area contributed by atoms with E-state index in [-0.39, 0.29) is 5.75 Å². The Hall–Kier alpha value is -1.82. The van der Waals surface area contributed by atoms with Gasteiger partial charge in [0.1, 0.15) is 5.82 Å². The molecule has 1 heterocycles. The number of phenolic OH excluding ortho intramolecular Hbond substituents is 1. The average molecular weight is 338 g/mol. The van der Waals surface area contributed by atoms with E-state index in [0.29, 0.717) is 17.4 Å². The van der Waals surface area contributed by atoms with Crippen LogP contribution >= 0.6 is 15.9 Å². The monoisotopic (exact) mass is 337 g/mol. The highest BCUT2D eigenvalue weighted by atomic mass is 79.9. The van der Waals surface area contributed by atoms with E-state index in [0.717, 1.165) is 28.6 Å². The fraction of sp³-hybridized carbons (Fsp3) is 0.286. The average Bonchev–Trinajstić information content (AvgIpc) is 2.44. The number of nitrogen functional groups attached to an aromatic ring is 1. The molecule has 2 rings (SSSR count). The summed E-state index contributed by atoms with van der Waals surface area (Å²) in [5.41, 5.74) is 7.53. The van der Waals surface area contributed by atoms with Crippen LogP contribution in [0.15, 0.2) is 22.7 Å². The quantitative estimate of drug-likeness (QED) is 0.895. The van der Waals surface area contributed by atoms with Crippen LogP contribution in [0.25, 0.3) is 11.4 Å². The normalized spacial score (nSPS) is 10.6. The Morgan fingerprint density at radius 1 is 1.35 bits per heavy atom. The van der Waals surface area contributed by atoms with Gasteiger partial charge in [-0.15, -0.1) is 0 Å². The minimum Gasteiger partial charge on any atom is -0.504 e. The number of ether oxygens (including phenoxy) is 1. The minimum absolute atomic E-state index is 0.0788. The number of aryl methyl sites for hydroxylation is 1. The van der Waals surface area contributed by atoms with Gasteiger partial charge in [-0.25, -0.2) is 9.97 Å². The molecule has 0 fully saturated rings. The second-order valence-corrected chi connectivity index (χ2v) is 5.12. The fourth-order valence-corrected chi connectivity index (χ4v) is 2.24. The first-order valence-electron chi connectivity index (χ1n) is 6.26. The predicted octanol–water partition coefficient (Wildman–Crippen LogP) is 3.16. The van der Waals surface area contributed by atoms with Gasteiger partial charge in [0.2, 0.25) is 0 Å². The number of nitrogens with two attached hydrogens (primary N) is 1. The molecule has 1 aromatic carbocycles. The van der Waals surface area contributed by atoms with Crippen LogP contribution < -0.4 is 10.5 Å². The minimum atomic E-state index is 0.0788. The molecule has 0 bridgehead atoms. The second-order valence-electron chi connectivity index (χ2n) is 4.33. The molecule has 3 N–H and O–H groups in total. The van der Waals surface area contributed by atoms with Gasteiger partial charge < -0.3 is 15.6 Å². The lowest BCUT2D eigenvalue weighted by atomic mass is 10.1. The zero-order chi connectivity index (χ0) is 14.7. The summed E-state index contributed by atoms with van der Waals surface area (Å²) in [5, 5.41) is 9.62. The number of halogens is 1. The lowest BCUT2D eigenvalue weighted by Gasteiger charge is -2.10. The summed E-state index contributed by atoms with van der Waals surface area (Å²) >= 11 is 3.41. The zero-order valence-electron chi connectivity index (χ0n) is 11.4. The second kappa shape index (κ2) is 6.09. The lowest BCUT2D eigenvalue weighted by molar-refractivity contribution is 0.373. The molecule has 106 valence electrons. The van der Waals surface area contributed by atoms with Gasteiger partial charge >= 0.3 is 0 Å². The zero-order valence-corrected chi connectivity index (χ0v) is 12.9. The van der Waals surface area contributed by atoms with Crippen LogP contribution in [0.4, 0.5) is 5.82 Å². The van der Waals surface area contributed by atoms with Gasteiger partial charge in [0.05, 0.1) is 17.3 Å². The Bertz CT molecular complexity index is 632. The number of rotatable bonds is 4. The molecular formula is C14H16BrN3O2. The van der Waals surface area contributed by atoms with Crippen LogP contribution in [-0.2, 0) is 6.42 Å². The number of hydrogen-bond donors (Lipinski definition) is 2. The van der Waals surface area contributed by atoms with Crippen molar-refractivity contribution in [3.05, 3.63) is 28.4 Å². The number of aromatic hydroxyl groups is 1. The molecule has 0 atom stereocenters. The van der Waals surface area contributed by atoms with Gasteiger partial charge in [-0.3, -0.25) is 0 Å². The van der Waals surface area contributed by atoms with E-state index in [2.05, 4.69) is 32.8 Å². The molecule has 0 spiro atoms. The van der Waals surface area contributed by atoms with Gasteiger partial charge in [0.15, 0.2) is 17.3 Å². The number of anilines is 1. The van der Waals surface area contributed by atoms with Crippen LogP contribution in [0.1, 0.15) is 19.0 Å². The van der Waals surface area contributed by atoms with E-state index in [1.807, 2.05) is 0 Å². The van der Waals surface area contributed by atoms with E-state index < -0.39 is 0 Å². The van der Waals surface area contributed by atoms with Gasteiger partial charge in [0.25, 0.3) is 0 Å². The van der Waals surface area contributed by atoms with Crippen molar-refractivity contribution >= 4 is 21.7 Å². The first-order chi connectivity index (χ1) is 9.56. The third-order valence-electron chi connectivity index (χ3n) is 2.87. The van der Waals surface area contributed by atoms with Crippen molar-refractivity contribution < 1.29 is 9.84 Å². The molecule has 0 saturated heterocycles. The van der Waals surface area contributed by atoms with E-state index in [9.17, 15) is 5.11 Å². The van der Waals surface area contributed by atoms with Crippen molar-refractivity contribution in [1.82, 2.24) is 9.97 Å². The highest BCUT2D eigenvalue weighted by Crippen LogP contribution is 2.32. The Morgan fingerprint density at radius 3 is 2.75 bits per heavy atom. The molecule has 0 saturated carbocycles. The maximum absolute atomic E-state index is 9.62. The van der Waals surface area contributed by atoms with E-state index >= 15 is 0 Å². The van der Waals surface area contributed by atoms with Crippen molar-refractivity contribution in [3.63, 3.8) is 0 Å². The van der Waals surface area contributed by atoms with Gasteiger partial charge in [-0.05, 0) is 40.5 Å². The highest BCUT2D eigenvalue weighted by Gasteiger charge is 2.12. The Kier molecular flexibility index (Phi) is 4.44. The number of aromatic nitrogens is 2. The Labute approximate surface area is 126 Å². The SMILES string of the molecule is CCCc1nc(-c2ccc(O)c(OC)c2)nc(N)c1Br. The molecule has 0 aliphatic carbocycles. The smallest absolute Gasteiger partial charge is 0.161 e. The summed E-state index contributed by atoms with van der Waals surface area (Å²) in [5.74, 6) is 1.39. The van der Waals surface area contributed by atoms with Crippen molar-refractivity contribution in [1.29, 1.82) is 0 Å². The summed E-state index contributed by atoms with van der Waals surface area (Å²) in [6.07, 6.45) is 1.78. The molecule has 20 heavy (non-hydrogen) atoms. The topological polar surface area (TPSA) is 81.3 Å². The summed E-state index contributed by atoms with van der Waals surface area (Å²) in [7, 11) is 1.50. The predicted molar refractivity (Wildman–Crippen MR) is 81.8 cm³/mol. The molecule has 0 radical (unpaired) electrons. The fourth-order valence-electron chi connectivity index (χ4n) is 1.86. The summed E-state index contributed by atoms with van der Waals surface area (Å²) in [6, 6.07) is 4.97. The van der Waals surface area contributed by atoms with Crippen molar-refractivity contribution in [2.75, 3.05) is 12.8 Å². The van der Waals surface area contributed by atoms with Crippen LogP contribution in [0.3, 0.4) is 0 Å². The maximum atomic E-state index is 9.62. The largest absolute Gasteiger partial charge is 0.504 e. The Morgan fingerprint density at radius 2 is 2.10 bits per heavy atom. The van der Waals surface area contributed by atoms with Crippen LogP contribution in [0.5, 0.6) is 11.5 Å². The van der Waals surface area contributed by atoms with Crippen LogP contribution in [0.2, 0.25) is 0 Å². The number of methoxy groups -OCH3 is 1. The van der Waals surface area contributed by atoms with Gasteiger partial charge in [0, 0.05) is 5.56 Å². The molecule has 2 aromatic rings. The lowest BCUT2D eigenvalue weighted by Crippen LogP contribution is -2.03. The number of hydrogen-bond acceptors (Lipinski definition) is 5. The van der Waals surface area contributed by atoms with E-state index in [4.69, 9.17) is 10.5 Å². The molecule has 6 heteroatoms. The summed E-state index contributed by atoms with van der Waals surface area (Å²) in [6.45, 7) is 2.08. The third kappa shape index (κ3) is 2.85. The summed E-state index contributed by atoms with van der Waals surface area (Å²) < 4.78 is 5.84. The number of benzene rings is 1. The molecule has 5 nitrogen and oxygen atoms in total. The highest BCUT2D eigenvalue weighted by molar-refractivity contribution is 9.10. The number of phenols is 1. The van der Waals surface area contributed by atoms with Crippen LogP contribution in [-0.4, -0.2) is 22.2 Å². The van der Waals surface area contributed by atoms with E-state index in [1.54, 1.807) is 18.2 Å². The van der Waals surface area contributed by atoms with Crippen LogP contribution in [0, 0.1) is 0 Å². The molecule has 0 amide bonds. The van der Waals surface area contributed by atoms with Crippen molar-refractivity contribution in [3.8, 4) is 22.9 Å². The molecule has 0 unspecified atom stereocenters. The van der Waals surface area contributed by atoms with Crippen molar-refractivity contribution in [2.45, 2.75) is 19.8 Å². The first-order valence-corrected chi connectivity index (χ1v) is 7.05. The standard InChI is InChI=1S/C14H16BrN3O2/c1-3-4-9-12(15)13(16)18-14(17-9)8-5-6-10(19)11(7-8)20-2/h5-7,19H,3-4H2,1-2H3,(H2,16,17,18). The summed E-state index contributed by atoms with van der Waals surface area (Å²) in [4.78, 5) is 8.80. The van der Waals surface area contributed by atoms with Gasteiger partial charge in [-0.1, -0.05) is 13.3 Å². The third-order valence-corrected chi connectivity index (χ3v) is 3.73. The molecule has 1 aromatic heterocycles. The molecule has 0 aliphatic heterocycles. The Balaban J connectivity index is 2.52. The van der Waals surface area contributed by atoms with E-state index in [1.165, 1.54) is 7.11 Å². The van der Waals surface area contributed by atoms with Crippen molar-refractivity contribution in [2.24, 2.45) is 0 Å². The maximum Gasteiger partial charge on any atom is 0.161 e. The molecule has 0 aliphatic rings. The van der Waals surface area contributed by atoms with Gasteiger partial charge in [-0.2, -0.15) is 0 Å². The first kappa shape index (κ1) is 14.6.